The van der Waals surface area contributed by atoms with Crippen molar-refractivity contribution in [2.75, 3.05) is 20.2 Å². The average molecular weight is 292 g/mol. The molecule has 1 aromatic rings. The number of Topliss-reactive ketones (excluding diaryl/α,β-unsaturated/α-hetero) is 1. The molecule has 20 heavy (non-hydrogen) atoms. The maximum absolute atomic E-state index is 12.7. The third-order valence-corrected chi connectivity index (χ3v) is 4.59. The molecule has 0 radical (unpaired) electrons. The maximum atomic E-state index is 12.7. The van der Waals surface area contributed by atoms with E-state index < -0.39 is 0 Å². The molecule has 2 bridgehead atoms. The summed E-state index contributed by atoms with van der Waals surface area (Å²) in [5, 5.41) is 0. The third kappa shape index (κ3) is 2.25. The zero-order chi connectivity index (χ0) is 14.1. The molecular formula is C16H18ClNO2. The normalized spacial score (nSPS) is 25.8. The number of halogens is 1. The van der Waals surface area contributed by atoms with Crippen molar-refractivity contribution in [3.05, 3.63) is 40.9 Å². The molecule has 3 rings (SSSR count). The summed E-state index contributed by atoms with van der Waals surface area (Å²) in [5.41, 5.74) is 3.56. The van der Waals surface area contributed by atoms with Gasteiger partial charge in [0.1, 0.15) is 5.75 Å². The number of carbonyl (C=O) groups is 1. The van der Waals surface area contributed by atoms with E-state index in [9.17, 15) is 4.79 Å². The summed E-state index contributed by atoms with van der Waals surface area (Å²) in [6, 6.07) is 5.82. The number of rotatable bonds is 3. The number of ketones is 1. The van der Waals surface area contributed by atoms with Crippen LogP contribution in [0.1, 0.15) is 34.7 Å². The number of nitrogens with zero attached hydrogens (tertiary/aromatic N) is 1. The van der Waals surface area contributed by atoms with Gasteiger partial charge in [-0.15, -0.1) is 0 Å². The molecule has 2 unspecified atom stereocenters. The molecule has 0 spiro atoms. The van der Waals surface area contributed by atoms with Gasteiger partial charge < -0.3 is 4.74 Å². The lowest BCUT2D eigenvalue weighted by molar-refractivity contribution is 0.0713. The fraction of sp³-hybridized carbons (Fsp3) is 0.438. The Morgan fingerprint density at radius 2 is 2.35 bits per heavy atom. The summed E-state index contributed by atoms with van der Waals surface area (Å²) in [7, 11) is 1.66. The van der Waals surface area contributed by atoms with Crippen LogP contribution in [0.15, 0.2) is 29.8 Å². The molecular weight excluding hydrogens is 274 g/mol. The molecule has 1 fully saturated rings. The largest absolute Gasteiger partial charge is 0.497 e. The summed E-state index contributed by atoms with van der Waals surface area (Å²) in [6.07, 6.45) is 3.90. The molecule has 4 heteroatoms. The number of fused-ring (bicyclic) bond motifs is 4. The molecule has 0 saturated carbocycles. The highest BCUT2D eigenvalue weighted by Crippen LogP contribution is 2.41. The maximum Gasteiger partial charge on any atom is 0.180 e. The summed E-state index contributed by atoms with van der Waals surface area (Å²) < 4.78 is 5.28. The second kappa shape index (κ2) is 5.58. The topological polar surface area (TPSA) is 29.5 Å². The van der Waals surface area contributed by atoms with Crippen molar-refractivity contribution in [2.45, 2.75) is 24.8 Å². The highest BCUT2D eigenvalue weighted by atomic mass is 35.5. The van der Waals surface area contributed by atoms with Gasteiger partial charge in [0.05, 0.1) is 13.2 Å². The minimum atomic E-state index is 0.00233. The fourth-order valence-electron chi connectivity index (χ4n) is 3.37. The van der Waals surface area contributed by atoms with Crippen LogP contribution in [-0.2, 0) is 0 Å². The molecule has 2 aliphatic rings. The highest BCUT2D eigenvalue weighted by molar-refractivity contribution is 6.25. The predicted octanol–water partition coefficient (Wildman–Crippen LogP) is 3.19. The molecule has 3 nitrogen and oxygen atoms in total. The number of hydrogen-bond donors (Lipinski definition) is 0. The quantitative estimate of drug-likeness (QED) is 0.856. The summed E-state index contributed by atoms with van der Waals surface area (Å²) in [6.45, 7) is 1.69. The second-order valence-corrected chi connectivity index (χ2v) is 5.66. The Kier molecular flexibility index (Phi) is 3.81. The molecule has 1 heterocycles. The number of benzene rings is 1. The Morgan fingerprint density at radius 3 is 3.10 bits per heavy atom. The van der Waals surface area contributed by atoms with Crippen LogP contribution in [0.4, 0.5) is 0 Å². The molecule has 0 amide bonds. The van der Waals surface area contributed by atoms with Crippen molar-refractivity contribution in [2.24, 2.45) is 0 Å². The number of methoxy groups -OCH3 is 1. The predicted molar refractivity (Wildman–Crippen MR) is 79.7 cm³/mol. The first-order valence-electron chi connectivity index (χ1n) is 6.96. The SMILES string of the molecule is COc1ccc2c(c1)C1CCN(C/C=C\Cl)C(C1)C2=O. The number of carbonyl (C=O) groups excluding carboxylic acids is 1. The lowest BCUT2D eigenvalue weighted by Gasteiger charge is -2.42. The second-order valence-electron chi connectivity index (χ2n) is 5.41. The van der Waals surface area contributed by atoms with E-state index in [1.807, 2.05) is 24.3 Å². The summed E-state index contributed by atoms with van der Waals surface area (Å²) >= 11 is 5.60. The first-order valence-corrected chi connectivity index (χ1v) is 7.39. The molecule has 0 aromatic heterocycles. The van der Waals surface area contributed by atoms with Crippen LogP contribution in [0, 0.1) is 0 Å². The van der Waals surface area contributed by atoms with Gasteiger partial charge in [-0.3, -0.25) is 9.69 Å². The lowest BCUT2D eigenvalue weighted by atomic mass is 9.74. The molecule has 1 aliphatic carbocycles. The van der Waals surface area contributed by atoms with E-state index in [2.05, 4.69) is 4.90 Å². The van der Waals surface area contributed by atoms with Crippen LogP contribution < -0.4 is 4.74 Å². The van der Waals surface area contributed by atoms with Gasteiger partial charge in [-0.25, -0.2) is 0 Å². The standard InChI is InChI=1S/C16H18ClNO2/c1-20-12-3-4-13-14(10-12)11-5-8-18(7-2-6-17)15(9-11)16(13)19/h2-4,6,10-11,15H,5,7-9H2,1H3/b6-2-. The first kappa shape index (κ1) is 13.7. The van der Waals surface area contributed by atoms with E-state index in [1.165, 1.54) is 5.54 Å². The van der Waals surface area contributed by atoms with E-state index in [1.54, 1.807) is 7.11 Å². The van der Waals surface area contributed by atoms with E-state index in [4.69, 9.17) is 16.3 Å². The summed E-state index contributed by atoms with van der Waals surface area (Å²) in [4.78, 5) is 14.9. The Balaban J connectivity index is 1.93. The zero-order valence-corrected chi connectivity index (χ0v) is 12.3. The van der Waals surface area contributed by atoms with E-state index in [0.29, 0.717) is 5.92 Å². The van der Waals surface area contributed by atoms with Crippen LogP contribution in [-0.4, -0.2) is 36.9 Å². The van der Waals surface area contributed by atoms with Crippen molar-refractivity contribution < 1.29 is 9.53 Å². The van der Waals surface area contributed by atoms with Gasteiger partial charge in [-0.2, -0.15) is 0 Å². The molecule has 2 atom stereocenters. The Labute approximate surface area is 124 Å². The van der Waals surface area contributed by atoms with Crippen LogP contribution in [0.2, 0.25) is 0 Å². The number of ether oxygens (including phenoxy) is 1. The molecule has 1 aromatic carbocycles. The van der Waals surface area contributed by atoms with Crippen LogP contribution in [0.5, 0.6) is 5.75 Å². The van der Waals surface area contributed by atoms with Gasteiger partial charge in [0, 0.05) is 17.6 Å². The summed E-state index contributed by atoms with van der Waals surface area (Å²) in [5.74, 6) is 1.54. The van der Waals surface area contributed by atoms with Crippen LogP contribution in [0.25, 0.3) is 0 Å². The number of hydrogen-bond acceptors (Lipinski definition) is 3. The van der Waals surface area contributed by atoms with Gasteiger partial charge >= 0.3 is 0 Å². The van der Waals surface area contributed by atoms with Gasteiger partial charge in [0.25, 0.3) is 0 Å². The van der Waals surface area contributed by atoms with Crippen molar-refractivity contribution in [3.8, 4) is 5.75 Å². The Morgan fingerprint density at radius 1 is 1.50 bits per heavy atom. The van der Waals surface area contributed by atoms with E-state index in [0.717, 1.165) is 42.8 Å². The molecule has 0 N–H and O–H groups in total. The molecule has 1 saturated heterocycles. The Hall–Kier alpha value is -1.32. The van der Waals surface area contributed by atoms with Gasteiger partial charge in [-0.1, -0.05) is 17.7 Å². The monoisotopic (exact) mass is 291 g/mol. The number of likely N-dealkylation sites (tertiary alicyclic amines) is 1. The molecule has 1 aliphatic heterocycles. The minimum absolute atomic E-state index is 0.00233. The van der Waals surface area contributed by atoms with Gasteiger partial charge in [0.15, 0.2) is 5.78 Å². The van der Waals surface area contributed by atoms with E-state index >= 15 is 0 Å². The third-order valence-electron chi connectivity index (χ3n) is 4.41. The lowest BCUT2D eigenvalue weighted by Crippen LogP contribution is -2.49. The molecule has 106 valence electrons. The van der Waals surface area contributed by atoms with Crippen molar-refractivity contribution in [3.63, 3.8) is 0 Å². The van der Waals surface area contributed by atoms with Crippen molar-refractivity contribution in [1.29, 1.82) is 0 Å². The minimum Gasteiger partial charge on any atom is -0.497 e. The first-order chi connectivity index (χ1) is 9.74. The number of piperidine rings is 1. The van der Waals surface area contributed by atoms with Gasteiger partial charge in [-0.05, 0) is 49.1 Å². The highest BCUT2D eigenvalue weighted by Gasteiger charge is 2.40. The van der Waals surface area contributed by atoms with Crippen LogP contribution >= 0.6 is 11.6 Å². The van der Waals surface area contributed by atoms with Crippen molar-refractivity contribution >= 4 is 17.4 Å². The average Bonchev–Trinajstić information content (AvgIpc) is 2.50. The van der Waals surface area contributed by atoms with Crippen molar-refractivity contribution in [1.82, 2.24) is 4.90 Å². The van der Waals surface area contributed by atoms with E-state index in [-0.39, 0.29) is 11.8 Å². The van der Waals surface area contributed by atoms with Crippen LogP contribution in [0.3, 0.4) is 0 Å². The Bertz CT molecular complexity index is 555. The fourth-order valence-corrected chi connectivity index (χ4v) is 3.45. The smallest absolute Gasteiger partial charge is 0.180 e. The zero-order valence-electron chi connectivity index (χ0n) is 11.5. The van der Waals surface area contributed by atoms with Gasteiger partial charge in [0.2, 0.25) is 0 Å².